The van der Waals surface area contributed by atoms with Crippen molar-refractivity contribution in [3.63, 3.8) is 0 Å². The van der Waals surface area contributed by atoms with Gasteiger partial charge in [0.2, 0.25) is 0 Å². The molecule has 3 aromatic rings. The number of rotatable bonds is 5. The summed E-state index contributed by atoms with van der Waals surface area (Å²) >= 11 is 0. The molecule has 3 nitrogen and oxygen atoms in total. The van der Waals surface area contributed by atoms with Gasteiger partial charge in [-0.1, -0.05) is 72.8 Å². The summed E-state index contributed by atoms with van der Waals surface area (Å²) in [6, 6.07) is 25.5. The average Bonchev–Trinajstić information content (AvgIpc) is 2.63. The summed E-state index contributed by atoms with van der Waals surface area (Å²) in [4.78, 5) is 11.9. The van der Waals surface area contributed by atoms with Crippen LogP contribution in [0.15, 0.2) is 78.9 Å². The molecule has 120 valence electrons. The fourth-order valence-corrected chi connectivity index (χ4v) is 5.13. The Morgan fingerprint density at radius 2 is 1.38 bits per heavy atom. The van der Waals surface area contributed by atoms with Crippen molar-refractivity contribution in [1.82, 2.24) is 0 Å². The van der Waals surface area contributed by atoms with E-state index in [4.69, 9.17) is 4.74 Å². The minimum absolute atomic E-state index is 0.235. The van der Waals surface area contributed by atoms with Gasteiger partial charge < -0.3 is 9.84 Å². The van der Waals surface area contributed by atoms with Gasteiger partial charge >= 0.3 is 5.97 Å². The normalized spacial score (nSPS) is 10.6. The van der Waals surface area contributed by atoms with E-state index in [1.807, 2.05) is 72.8 Å². The van der Waals surface area contributed by atoms with E-state index in [-0.39, 0.29) is 5.56 Å². The van der Waals surface area contributed by atoms with Crippen molar-refractivity contribution in [2.24, 2.45) is 0 Å². The lowest BCUT2D eigenvalue weighted by Crippen LogP contribution is -2.25. The molecule has 0 heterocycles. The molecule has 0 spiro atoms. The van der Waals surface area contributed by atoms with Crippen LogP contribution in [-0.2, 0) is 0 Å². The molecule has 4 heteroatoms. The summed E-state index contributed by atoms with van der Waals surface area (Å²) < 4.78 is 5.30. The molecule has 0 atom stereocenters. The van der Waals surface area contributed by atoms with Gasteiger partial charge in [0.25, 0.3) is 0 Å². The van der Waals surface area contributed by atoms with Gasteiger partial charge in [-0.2, -0.15) is 0 Å². The molecule has 24 heavy (non-hydrogen) atoms. The molecule has 0 aromatic heterocycles. The maximum atomic E-state index is 11.9. The molecule has 3 rings (SSSR count). The lowest BCUT2D eigenvalue weighted by Gasteiger charge is -2.22. The number of hydrogen-bond donors (Lipinski definition) is 1. The predicted molar refractivity (Wildman–Crippen MR) is 98.7 cm³/mol. The summed E-state index contributed by atoms with van der Waals surface area (Å²) in [5, 5.41) is 12.7. The third-order valence-electron chi connectivity index (χ3n) is 3.71. The van der Waals surface area contributed by atoms with Crippen LogP contribution in [0, 0.1) is 0 Å². The fraction of sp³-hybridized carbons (Fsp3) is 0.0500. The first-order valence-corrected chi connectivity index (χ1v) is 8.87. The number of ether oxygens (including phenoxy) is 1. The van der Waals surface area contributed by atoms with E-state index in [1.165, 1.54) is 7.11 Å². The zero-order chi connectivity index (χ0) is 16.9. The van der Waals surface area contributed by atoms with Gasteiger partial charge in [0.05, 0.1) is 7.11 Å². The molecule has 0 radical (unpaired) electrons. The minimum Gasteiger partial charge on any atom is -0.496 e. The largest absolute Gasteiger partial charge is 0.496 e. The van der Waals surface area contributed by atoms with E-state index in [2.05, 4.69) is 0 Å². The molecular weight excluding hydrogens is 319 g/mol. The van der Waals surface area contributed by atoms with Crippen LogP contribution >= 0.6 is 7.92 Å². The summed E-state index contributed by atoms with van der Waals surface area (Å²) in [5.41, 5.74) is 0.235. The van der Waals surface area contributed by atoms with Gasteiger partial charge in [-0.3, -0.25) is 0 Å². The number of carboxylic acids is 1. The molecule has 0 amide bonds. The Morgan fingerprint density at radius 1 is 0.833 bits per heavy atom. The Kier molecular flexibility index (Phi) is 4.93. The van der Waals surface area contributed by atoms with Crippen LogP contribution in [0.25, 0.3) is 0 Å². The first kappa shape index (κ1) is 16.2. The summed E-state index contributed by atoms with van der Waals surface area (Å²) in [6.07, 6.45) is 0. The summed E-state index contributed by atoms with van der Waals surface area (Å²) in [7, 11) is 0.517. The number of benzene rings is 3. The lowest BCUT2D eigenvalue weighted by atomic mass is 10.2. The monoisotopic (exact) mass is 336 g/mol. The lowest BCUT2D eigenvalue weighted by molar-refractivity contribution is 0.0695. The molecule has 0 fully saturated rings. The van der Waals surface area contributed by atoms with Crippen molar-refractivity contribution < 1.29 is 14.6 Å². The third kappa shape index (κ3) is 3.17. The minimum atomic E-state index is -0.982. The Balaban J connectivity index is 2.26. The number of aromatic carboxylic acids is 1. The molecule has 0 aliphatic heterocycles. The highest BCUT2D eigenvalue weighted by molar-refractivity contribution is 7.80. The number of carbonyl (C=O) groups is 1. The van der Waals surface area contributed by atoms with Crippen LogP contribution in [0.2, 0.25) is 0 Å². The van der Waals surface area contributed by atoms with Crippen LogP contribution in [0.5, 0.6) is 5.75 Å². The molecule has 0 aliphatic carbocycles. The summed E-state index contributed by atoms with van der Waals surface area (Å²) in [6.45, 7) is 0. The van der Waals surface area contributed by atoms with E-state index < -0.39 is 13.9 Å². The van der Waals surface area contributed by atoms with Crippen molar-refractivity contribution in [2.45, 2.75) is 0 Å². The van der Waals surface area contributed by atoms with Crippen molar-refractivity contribution in [1.29, 1.82) is 0 Å². The van der Waals surface area contributed by atoms with Crippen molar-refractivity contribution in [3.8, 4) is 5.75 Å². The molecule has 3 aromatic carbocycles. The second-order valence-electron chi connectivity index (χ2n) is 5.17. The maximum absolute atomic E-state index is 11.9. The van der Waals surface area contributed by atoms with E-state index in [9.17, 15) is 9.90 Å². The molecule has 0 aliphatic rings. The van der Waals surface area contributed by atoms with Gasteiger partial charge in [0, 0.05) is 5.30 Å². The van der Waals surface area contributed by atoms with E-state index >= 15 is 0 Å². The molecule has 0 saturated heterocycles. The Hall–Kier alpha value is -2.64. The van der Waals surface area contributed by atoms with Crippen molar-refractivity contribution in [3.05, 3.63) is 84.4 Å². The van der Waals surface area contributed by atoms with Crippen LogP contribution in [0.4, 0.5) is 0 Å². The van der Waals surface area contributed by atoms with E-state index in [0.717, 1.165) is 15.9 Å². The smallest absolute Gasteiger partial charge is 0.340 e. The number of carboxylic acid groups (broad SMARTS) is 1. The van der Waals surface area contributed by atoms with Crippen LogP contribution in [0.3, 0.4) is 0 Å². The van der Waals surface area contributed by atoms with E-state index in [1.54, 1.807) is 6.07 Å². The summed E-state index contributed by atoms with van der Waals surface area (Å²) in [5.74, 6) is -0.582. The Labute approximate surface area is 142 Å². The second kappa shape index (κ2) is 7.29. The van der Waals surface area contributed by atoms with Gasteiger partial charge in [-0.05, 0) is 24.6 Å². The topological polar surface area (TPSA) is 46.5 Å². The van der Waals surface area contributed by atoms with E-state index in [0.29, 0.717) is 5.75 Å². The van der Waals surface area contributed by atoms with Gasteiger partial charge in [-0.25, -0.2) is 4.79 Å². The van der Waals surface area contributed by atoms with Gasteiger partial charge in [0.1, 0.15) is 11.3 Å². The highest BCUT2D eigenvalue weighted by Crippen LogP contribution is 2.36. The molecule has 0 bridgehead atoms. The van der Waals surface area contributed by atoms with Crippen molar-refractivity contribution in [2.75, 3.05) is 7.11 Å². The highest BCUT2D eigenvalue weighted by atomic mass is 31.1. The van der Waals surface area contributed by atoms with Gasteiger partial charge in [0.15, 0.2) is 0 Å². The predicted octanol–water partition coefficient (Wildman–Crippen LogP) is 3.15. The average molecular weight is 336 g/mol. The first-order valence-electron chi connectivity index (χ1n) is 7.53. The third-order valence-corrected chi connectivity index (χ3v) is 6.19. The standard InChI is InChI=1S/C20H17O3P/c1-23-17-13-8-14-18(19(17)20(21)22)24(15-9-4-2-5-10-15)16-11-6-3-7-12-16/h2-14H,1H3,(H,21,22). The molecule has 0 unspecified atom stereocenters. The number of methoxy groups -OCH3 is 1. The quantitative estimate of drug-likeness (QED) is 0.728. The van der Waals surface area contributed by atoms with Gasteiger partial charge in [-0.15, -0.1) is 0 Å². The fourth-order valence-electron chi connectivity index (χ4n) is 2.67. The zero-order valence-corrected chi connectivity index (χ0v) is 14.1. The first-order chi connectivity index (χ1) is 11.7. The molecular formula is C20H17O3P. The Bertz CT molecular complexity index is 793. The molecule has 0 saturated carbocycles. The number of hydrogen-bond acceptors (Lipinski definition) is 2. The van der Waals surface area contributed by atoms with Crippen LogP contribution < -0.4 is 20.7 Å². The SMILES string of the molecule is COc1cccc(P(c2ccccc2)c2ccccc2)c1C(=O)O. The maximum Gasteiger partial charge on any atom is 0.340 e. The van der Waals surface area contributed by atoms with Crippen molar-refractivity contribution >= 4 is 29.8 Å². The zero-order valence-electron chi connectivity index (χ0n) is 13.2. The Morgan fingerprint density at radius 3 is 1.83 bits per heavy atom. The van der Waals surface area contributed by atoms with Crippen LogP contribution in [-0.4, -0.2) is 18.2 Å². The van der Waals surface area contributed by atoms with Crippen LogP contribution in [0.1, 0.15) is 10.4 Å². The highest BCUT2D eigenvalue weighted by Gasteiger charge is 2.25. The molecule has 1 N–H and O–H groups in total. The second-order valence-corrected chi connectivity index (χ2v) is 7.35.